The predicted octanol–water partition coefficient (Wildman–Crippen LogP) is 3.98. The van der Waals surface area contributed by atoms with Crippen LogP contribution in [0.1, 0.15) is 37.4 Å². The lowest BCUT2D eigenvalue weighted by molar-refractivity contribution is -0.0911. The highest BCUT2D eigenvalue weighted by Gasteiger charge is 2.44. The van der Waals surface area contributed by atoms with Gasteiger partial charge in [0.05, 0.1) is 26.0 Å². The Balaban J connectivity index is 1.74. The maximum Gasteiger partial charge on any atom is 0.192 e. The molecule has 0 unspecified atom stereocenters. The molecule has 1 atom stereocenters. The van der Waals surface area contributed by atoms with Crippen LogP contribution in [-0.4, -0.2) is 30.7 Å². The van der Waals surface area contributed by atoms with Crippen molar-refractivity contribution in [3.05, 3.63) is 53.6 Å². The molecule has 2 aromatic rings. The number of fused-ring (bicyclic) bond motifs is 3. The van der Waals surface area contributed by atoms with E-state index >= 15 is 0 Å². The van der Waals surface area contributed by atoms with E-state index < -0.39 is 5.72 Å². The molecule has 25 heavy (non-hydrogen) atoms. The van der Waals surface area contributed by atoms with Gasteiger partial charge in [0.15, 0.2) is 17.2 Å². The van der Waals surface area contributed by atoms with E-state index in [1.807, 2.05) is 36.4 Å². The summed E-state index contributed by atoms with van der Waals surface area (Å²) in [6.45, 7) is 4.11. The molecule has 2 aromatic carbocycles. The molecule has 0 radical (unpaired) electrons. The van der Waals surface area contributed by atoms with Crippen molar-refractivity contribution in [1.29, 1.82) is 0 Å². The van der Waals surface area contributed by atoms with Crippen LogP contribution in [0.2, 0.25) is 0 Å². The van der Waals surface area contributed by atoms with E-state index in [4.69, 9.17) is 19.3 Å². The molecule has 0 amide bonds. The van der Waals surface area contributed by atoms with Crippen LogP contribution in [0.15, 0.2) is 47.6 Å². The molecule has 0 aromatic heterocycles. The minimum absolute atomic E-state index is 0.183. The lowest BCUT2D eigenvalue weighted by atomic mass is 9.95. The van der Waals surface area contributed by atoms with Crippen LogP contribution >= 0.6 is 0 Å². The summed E-state index contributed by atoms with van der Waals surface area (Å²) in [4.78, 5) is 0. The first-order valence-corrected chi connectivity index (χ1v) is 8.40. The molecule has 0 fully saturated rings. The van der Waals surface area contributed by atoms with E-state index in [1.54, 1.807) is 14.2 Å². The first-order valence-electron chi connectivity index (χ1n) is 8.40. The quantitative estimate of drug-likeness (QED) is 0.849. The van der Waals surface area contributed by atoms with E-state index in [1.165, 1.54) is 5.56 Å². The molecular formula is C20H22N2O3. The first kappa shape index (κ1) is 15.8. The number of nitrogens with zero attached hydrogens (tertiary/aromatic N) is 2. The van der Waals surface area contributed by atoms with Gasteiger partial charge < -0.3 is 14.2 Å². The third kappa shape index (κ3) is 2.51. The second-order valence-electron chi connectivity index (χ2n) is 6.77. The Morgan fingerprint density at radius 3 is 2.60 bits per heavy atom. The average Bonchev–Trinajstić information content (AvgIpc) is 3.07. The molecular weight excluding hydrogens is 316 g/mol. The van der Waals surface area contributed by atoms with E-state index in [0.29, 0.717) is 5.75 Å². The summed E-state index contributed by atoms with van der Waals surface area (Å²) in [6.07, 6.45) is 0.833. The molecule has 2 aliphatic rings. The van der Waals surface area contributed by atoms with Crippen molar-refractivity contribution >= 4 is 5.71 Å². The maximum absolute atomic E-state index is 6.17. The van der Waals surface area contributed by atoms with Crippen molar-refractivity contribution in [2.75, 3.05) is 14.2 Å². The predicted molar refractivity (Wildman–Crippen MR) is 96.4 cm³/mol. The lowest BCUT2D eigenvalue weighted by Crippen LogP contribution is -2.48. The number of hydrazone groups is 1. The van der Waals surface area contributed by atoms with Gasteiger partial charge in [-0.1, -0.05) is 18.2 Å². The van der Waals surface area contributed by atoms with Gasteiger partial charge >= 0.3 is 0 Å². The summed E-state index contributed by atoms with van der Waals surface area (Å²) in [5.41, 5.74) is 2.76. The van der Waals surface area contributed by atoms with Gasteiger partial charge in [0, 0.05) is 17.5 Å². The topological polar surface area (TPSA) is 43.3 Å². The van der Waals surface area contributed by atoms with Crippen LogP contribution in [-0.2, 0) is 0 Å². The maximum atomic E-state index is 6.17. The minimum atomic E-state index is -0.489. The molecule has 130 valence electrons. The minimum Gasteiger partial charge on any atom is -0.493 e. The van der Waals surface area contributed by atoms with Crippen LogP contribution in [0.4, 0.5) is 0 Å². The highest BCUT2D eigenvalue weighted by atomic mass is 16.5. The van der Waals surface area contributed by atoms with Crippen molar-refractivity contribution in [3.63, 3.8) is 0 Å². The van der Waals surface area contributed by atoms with Gasteiger partial charge in [-0.2, -0.15) is 5.10 Å². The third-order valence-corrected chi connectivity index (χ3v) is 4.82. The summed E-state index contributed by atoms with van der Waals surface area (Å²) < 4.78 is 16.9. The Labute approximate surface area is 147 Å². The van der Waals surface area contributed by atoms with E-state index in [2.05, 4.69) is 24.9 Å². The zero-order valence-electron chi connectivity index (χ0n) is 14.9. The van der Waals surface area contributed by atoms with E-state index in [-0.39, 0.29) is 6.04 Å². The number of hydrogen-bond donors (Lipinski definition) is 0. The van der Waals surface area contributed by atoms with Crippen molar-refractivity contribution in [1.82, 2.24) is 5.01 Å². The summed E-state index contributed by atoms with van der Waals surface area (Å²) in [7, 11) is 3.29. The largest absolute Gasteiger partial charge is 0.493 e. The first-order chi connectivity index (χ1) is 12.0. The van der Waals surface area contributed by atoms with Crippen LogP contribution in [0, 0.1) is 0 Å². The van der Waals surface area contributed by atoms with Crippen molar-refractivity contribution in [2.45, 2.75) is 32.0 Å². The highest BCUT2D eigenvalue weighted by molar-refractivity contribution is 6.02. The Hall–Kier alpha value is -2.69. The molecule has 2 aliphatic heterocycles. The number of para-hydroxylation sites is 1. The summed E-state index contributed by atoms with van der Waals surface area (Å²) in [6, 6.07) is 14.3. The van der Waals surface area contributed by atoms with Crippen molar-refractivity contribution in [2.24, 2.45) is 5.10 Å². The average molecular weight is 338 g/mol. The number of benzene rings is 2. The molecule has 0 spiro atoms. The van der Waals surface area contributed by atoms with E-state index in [9.17, 15) is 0 Å². The Bertz CT molecular complexity index is 845. The monoisotopic (exact) mass is 338 g/mol. The molecule has 0 N–H and O–H groups in total. The van der Waals surface area contributed by atoms with Gasteiger partial charge in [0.2, 0.25) is 0 Å². The van der Waals surface area contributed by atoms with Gasteiger partial charge in [-0.15, -0.1) is 0 Å². The fraction of sp³-hybridized carbons (Fsp3) is 0.350. The molecule has 0 bridgehead atoms. The van der Waals surface area contributed by atoms with Crippen LogP contribution < -0.4 is 14.2 Å². The summed E-state index contributed by atoms with van der Waals surface area (Å²) >= 11 is 0. The number of methoxy groups -OCH3 is 2. The molecule has 2 heterocycles. The van der Waals surface area contributed by atoms with Crippen LogP contribution in [0.25, 0.3) is 0 Å². The van der Waals surface area contributed by atoms with Gasteiger partial charge in [0.1, 0.15) is 5.75 Å². The zero-order valence-corrected chi connectivity index (χ0v) is 14.9. The Kier molecular flexibility index (Phi) is 3.60. The zero-order chi connectivity index (χ0) is 17.6. The highest BCUT2D eigenvalue weighted by Crippen LogP contribution is 2.46. The number of rotatable bonds is 3. The van der Waals surface area contributed by atoms with Crippen LogP contribution in [0.3, 0.4) is 0 Å². The van der Waals surface area contributed by atoms with Gasteiger partial charge in [-0.25, -0.2) is 5.01 Å². The SMILES string of the molecule is COc1ccc(C2=NN3[C@@H](C2)c2ccccc2OC3(C)C)cc1OC. The molecule has 5 nitrogen and oxygen atoms in total. The molecule has 0 saturated heterocycles. The van der Waals surface area contributed by atoms with Gasteiger partial charge in [0.25, 0.3) is 0 Å². The molecule has 4 rings (SSSR count). The van der Waals surface area contributed by atoms with E-state index in [0.717, 1.165) is 29.2 Å². The number of ether oxygens (including phenoxy) is 3. The summed E-state index contributed by atoms with van der Waals surface area (Å²) in [5.74, 6) is 2.37. The van der Waals surface area contributed by atoms with Crippen molar-refractivity contribution < 1.29 is 14.2 Å². The second-order valence-corrected chi connectivity index (χ2v) is 6.77. The molecule has 0 saturated carbocycles. The third-order valence-electron chi connectivity index (χ3n) is 4.82. The Morgan fingerprint density at radius 1 is 1.08 bits per heavy atom. The second kappa shape index (κ2) is 5.69. The number of hydrogen-bond acceptors (Lipinski definition) is 5. The van der Waals surface area contributed by atoms with Crippen molar-refractivity contribution in [3.8, 4) is 17.2 Å². The summed E-state index contributed by atoms with van der Waals surface area (Å²) in [5, 5.41) is 6.96. The fourth-order valence-electron chi connectivity index (χ4n) is 3.60. The standard InChI is InChI=1S/C20H22N2O3/c1-20(2)22-16(14-7-5-6-8-17(14)25-20)12-15(21-22)13-9-10-18(23-3)19(11-13)24-4/h5-11,16H,12H2,1-4H3/t16-/m0/s1. The smallest absolute Gasteiger partial charge is 0.192 e. The van der Waals surface area contributed by atoms with Crippen LogP contribution in [0.5, 0.6) is 17.2 Å². The van der Waals surface area contributed by atoms with Gasteiger partial charge in [-0.3, -0.25) is 0 Å². The lowest BCUT2D eigenvalue weighted by Gasteiger charge is -2.43. The Morgan fingerprint density at radius 2 is 1.84 bits per heavy atom. The fourth-order valence-corrected chi connectivity index (χ4v) is 3.60. The normalized spacial score (nSPS) is 20.2. The van der Waals surface area contributed by atoms with Gasteiger partial charge in [-0.05, 0) is 38.1 Å². The molecule has 0 aliphatic carbocycles. The molecule has 5 heteroatoms.